The first-order valence-electron chi connectivity index (χ1n) is 8.46. The summed E-state index contributed by atoms with van der Waals surface area (Å²) in [6.45, 7) is 3.85. The van der Waals surface area contributed by atoms with Gasteiger partial charge in [0.05, 0.1) is 27.5 Å². The molecule has 142 valence electrons. The monoisotopic (exact) mass is 372 g/mol. The van der Waals surface area contributed by atoms with Gasteiger partial charge in [-0.15, -0.1) is 12.4 Å². The van der Waals surface area contributed by atoms with Crippen LogP contribution in [0.2, 0.25) is 0 Å². The van der Waals surface area contributed by atoms with E-state index in [1.54, 1.807) is 27.5 Å². The van der Waals surface area contributed by atoms with Gasteiger partial charge in [0.25, 0.3) is 0 Å². The molecule has 1 aromatic rings. The second-order valence-corrected chi connectivity index (χ2v) is 5.78. The standard InChI is InChI=1S/C18H28N2O4.ClH/c1-21-16-12-15(13-17(22-2)18(16)23-3)14-19-24-11-10-20-8-6-4-5-7-9-20;/h12-14H,4-11H2,1-3H3;1H/b19-14+;. The van der Waals surface area contributed by atoms with Gasteiger partial charge in [0.2, 0.25) is 5.75 Å². The molecule has 0 spiro atoms. The highest BCUT2D eigenvalue weighted by Gasteiger charge is 2.12. The van der Waals surface area contributed by atoms with Crippen LogP contribution in [0.15, 0.2) is 17.3 Å². The van der Waals surface area contributed by atoms with Crippen LogP contribution in [0.4, 0.5) is 0 Å². The number of hydrogen-bond acceptors (Lipinski definition) is 6. The summed E-state index contributed by atoms with van der Waals surface area (Å²) in [5, 5.41) is 4.05. The maximum absolute atomic E-state index is 5.40. The number of halogens is 1. The van der Waals surface area contributed by atoms with Crippen molar-refractivity contribution in [3.8, 4) is 17.2 Å². The molecule has 0 N–H and O–H groups in total. The first-order valence-corrected chi connectivity index (χ1v) is 8.46. The number of rotatable bonds is 8. The van der Waals surface area contributed by atoms with Gasteiger partial charge in [0, 0.05) is 12.1 Å². The number of benzene rings is 1. The molecular formula is C18H29ClN2O4. The summed E-state index contributed by atoms with van der Waals surface area (Å²) in [7, 11) is 4.77. The van der Waals surface area contributed by atoms with Crippen LogP contribution in [0.5, 0.6) is 17.2 Å². The van der Waals surface area contributed by atoms with E-state index in [1.165, 1.54) is 38.8 Å². The van der Waals surface area contributed by atoms with Gasteiger partial charge in [-0.25, -0.2) is 0 Å². The molecule has 1 aliphatic rings. The van der Waals surface area contributed by atoms with Crippen LogP contribution in [-0.4, -0.2) is 58.7 Å². The lowest BCUT2D eigenvalue weighted by Crippen LogP contribution is -2.28. The Balaban J connectivity index is 0.00000312. The van der Waals surface area contributed by atoms with Crippen molar-refractivity contribution in [2.45, 2.75) is 25.7 Å². The molecule has 0 radical (unpaired) electrons. The summed E-state index contributed by atoms with van der Waals surface area (Å²) in [5.74, 6) is 1.77. The van der Waals surface area contributed by atoms with Crippen LogP contribution in [0.25, 0.3) is 0 Å². The van der Waals surface area contributed by atoms with Crippen LogP contribution < -0.4 is 14.2 Å². The molecule has 0 atom stereocenters. The molecule has 1 heterocycles. The van der Waals surface area contributed by atoms with E-state index in [0.29, 0.717) is 23.9 Å². The molecule has 0 bridgehead atoms. The van der Waals surface area contributed by atoms with Crippen molar-refractivity contribution in [3.05, 3.63) is 17.7 Å². The predicted octanol–water partition coefficient (Wildman–Crippen LogP) is 3.36. The van der Waals surface area contributed by atoms with E-state index in [-0.39, 0.29) is 12.4 Å². The highest BCUT2D eigenvalue weighted by atomic mass is 35.5. The van der Waals surface area contributed by atoms with Crippen LogP contribution in [-0.2, 0) is 4.84 Å². The average Bonchev–Trinajstić information content (AvgIpc) is 2.89. The molecule has 0 unspecified atom stereocenters. The number of likely N-dealkylation sites (tertiary alicyclic amines) is 1. The zero-order chi connectivity index (χ0) is 17.2. The van der Waals surface area contributed by atoms with Crippen LogP contribution in [0, 0.1) is 0 Å². The topological polar surface area (TPSA) is 52.5 Å². The third kappa shape index (κ3) is 6.63. The summed E-state index contributed by atoms with van der Waals surface area (Å²) in [6, 6.07) is 3.67. The minimum absolute atomic E-state index is 0. The second kappa shape index (κ2) is 11.8. The van der Waals surface area contributed by atoms with E-state index in [2.05, 4.69) is 10.1 Å². The molecule has 0 aliphatic carbocycles. The molecule has 0 aromatic heterocycles. The quantitative estimate of drug-likeness (QED) is 0.398. The van der Waals surface area contributed by atoms with Gasteiger partial charge in [-0.3, -0.25) is 4.90 Å². The normalized spacial score (nSPS) is 15.3. The fraction of sp³-hybridized carbons (Fsp3) is 0.611. The second-order valence-electron chi connectivity index (χ2n) is 5.78. The van der Waals surface area contributed by atoms with Gasteiger partial charge in [0.1, 0.15) is 6.61 Å². The fourth-order valence-corrected chi connectivity index (χ4v) is 2.86. The summed E-state index contributed by atoms with van der Waals surface area (Å²) >= 11 is 0. The van der Waals surface area contributed by atoms with E-state index in [0.717, 1.165) is 12.1 Å². The molecule has 6 nitrogen and oxygen atoms in total. The Morgan fingerprint density at radius 2 is 1.56 bits per heavy atom. The third-order valence-corrected chi connectivity index (χ3v) is 4.16. The van der Waals surface area contributed by atoms with Crippen molar-refractivity contribution in [2.75, 3.05) is 47.6 Å². The minimum atomic E-state index is 0. The van der Waals surface area contributed by atoms with Gasteiger partial charge < -0.3 is 19.0 Å². The van der Waals surface area contributed by atoms with E-state index >= 15 is 0 Å². The molecule has 2 rings (SSSR count). The van der Waals surface area contributed by atoms with Gasteiger partial charge in [-0.05, 0) is 38.1 Å². The van der Waals surface area contributed by atoms with Crippen LogP contribution in [0.1, 0.15) is 31.2 Å². The lowest BCUT2D eigenvalue weighted by atomic mass is 10.2. The Kier molecular flexibility index (Phi) is 10.1. The van der Waals surface area contributed by atoms with Gasteiger partial charge in [0.15, 0.2) is 11.5 Å². The van der Waals surface area contributed by atoms with Gasteiger partial charge in [-0.1, -0.05) is 18.0 Å². The Labute approximate surface area is 156 Å². The summed E-state index contributed by atoms with van der Waals surface area (Å²) in [5.41, 5.74) is 0.833. The summed E-state index contributed by atoms with van der Waals surface area (Å²) in [6.07, 6.45) is 6.92. The van der Waals surface area contributed by atoms with Crippen molar-refractivity contribution in [1.82, 2.24) is 4.90 Å². The number of methoxy groups -OCH3 is 3. The Morgan fingerprint density at radius 1 is 0.960 bits per heavy atom. The third-order valence-electron chi connectivity index (χ3n) is 4.16. The molecule has 1 saturated heterocycles. The summed E-state index contributed by atoms with van der Waals surface area (Å²) in [4.78, 5) is 7.85. The lowest BCUT2D eigenvalue weighted by molar-refractivity contribution is 0.113. The smallest absolute Gasteiger partial charge is 0.203 e. The Hall–Kier alpha value is -1.66. The number of nitrogens with zero attached hydrogens (tertiary/aromatic N) is 2. The number of hydrogen-bond donors (Lipinski definition) is 0. The van der Waals surface area contributed by atoms with Crippen LogP contribution >= 0.6 is 12.4 Å². The molecule has 1 aromatic carbocycles. The zero-order valence-electron chi connectivity index (χ0n) is 15.3. The molecule has 0 saturated carbocycles. The van der Waals surface area contributed by atoms with E-state index in [1.807, 2.05) is 12.1 Å². The van der Waals surface area contributed by atoms with Crippen molar-refractivity contribution >= 4 is 18.6 Å². The highest BCUT2D eigenvalue weighted by molar-refractivity contribution is 5.85. The fourth-order valence-electron chi connectivity index (χ4n) is 2.86. The first-order chi connectivity index (χ1) is 11.8. The minimum Gasteiger partial charge on any atom is -0.493 e. The van der Waals surface area contributed by atoms with Crippen molar-refractivity contribution < 1.29 is 19.0 Å². The molecule has 7 heteroatoms. The van der Waals surface area contributed by atoms with Gasteiger partial charge in [-0.2, -0.15) is 0 Å². The number of oxime groups is 1. The van der Waals surface area contributed by atoms with Crippen LogP contribution in [0.3, 0.4) is 0 Å². The average molecular weight is 373 g/mol. The molecule has 1 fully saturated rings. The van der Waals surface area contributed by atoms with Crippen molar-refractivity contribution in [3.63, 3.8) is 0 Å². The zero-order valence-corrected chi connectivity index (χ0v) is 16.1. The molecule has 1 aliphatic heterocycles. The first kappa shape index (κ1) is 21.4. The maximum atomic E-state index is 5.40. The molecular weight excluding hydrogens is 344 g/mol. The Morgan fingerprint density at radius 3 is 2.08 bits per heavy atom. The van der Waals surface area contributed by atoms with E-state index in [4.69, 9.17) is 19.0 Å². The van der Waals surface area contributed by atoms with Gasteiger partial charge >= 0.3 is 0 Å². The van der Waals surface area contributed by atoms with Crippen molar-refractivity contribution in [2.24, 2.45) is 5.16 Å². The van der Waals surface area contributed by atoms with E-state index < -0.39 is 0 Å². The lowest BCUT2D eigenvalue weighted by Gasteiger charge is -2.18. The largest absolute Gasteiger partial charge is 0.493 e. The van der Waals surface area contributed by atoms with Crippen molar-refractivity contribution in [1.29, 1.82) is 0 Å². The SMILES string of the molecule is COc1cc(/C=N/OCCN2CCCCCC2)cc(OC)c1OC.Cl. The molecule has 0 amide bonds. The Bertz CT molecular complexity index is 507. The summed E-state index contributed by atoms with van der Waals surface area (Å²) < 4.78 is 16.0. The molecule has 25 heavy (non-hydrogen) atoms. The predicted molar refractivity (Wildman–Crippen MR) is 102 cm³/mol. The van der Waals surface area contributed by atoms with E-state index in [9.17, 15) is 0 Å². The number of ether oxygens (including phenoxy) is 3. The highest BCUT2D eigenvalue weighted by Crippen LogP contribution is 2.37. The maximum Gasteiger partial charge on any atom is 0.203 e.